The Morgan fingerprint density at radius 1 is 1.16 bits per heavy atom. The Morgan fingerprint density at radius 3 is 2.62 bits per heavy atom. The molecule has 2 aromatic carbocycles. The molecule has 1 atom stereocenters. The number of amides is 2. The summed E-state index contributed by atoms with van der Waals surface area (Å²) >= 11 is 0. The number of allylic oxidation sites excluding steroid dienone is 2. The van der Waals surface area contributed by atoms with E-state index in [4.69, 9.17) is 9.47 Å². The van der Waals surface area contributed by atoms with Gasteiger partial charge in [0.2, 0.25) is 0 Å². The summed E-state index contributed by atoms with van der Waals surface area (Å²) in [7, 11) is 1.61. The first-order valence-corrected chi connectivity index (χ1v) is 11.0. The second-order valence-corrected chi connectivity index (χ2v) is 8.25. The number of ether oxygens (including phenoxy) is 2. The predicted molar refractivity (Wildman–Crippen MR) is 123 cm³/mol. The van der Waals surface area contributed by atoms with Crippen LogP contribution < -0.4 is 9.47 Å². The Hall–Kier alpha value is -3.28. The fraction of sp³-hybridized carbons (Fsp3) is 0.346. The molecule has 0 bridgehead atoms. The highest BCUT2D eigenvalue weighted by Gasteiger charge is 2.43. The Kier molecular flexibility index (Phi) is 6.21. The van der Waals surface area contributed by atoms with Gasteiger partial charge in [-0.1, -0.05) is 30.3 Å². The molecule has 2 aliphatic rings. The van der Waals surface area contributed by atoms with Crippen LogP contribution in [0.3, 0.4) is 0 Å². The zero-order valence-electron chi connectivity index (χ0n) is 19.0. The van der Waals surface area contributed by atoms with E-state index in [1.807, 2.05) is 67.0 Å². The van der Waals surface area contributed by atoms with Gasteiger partial charge in [0, 0.05) is 23.8 Å². The van der Waals surface area contributed by atoms with Crippen molar-refractivity contribution in [2.75, 3.05) is 13.7 Å². The quantitative estimate of drug-likeness (QED) is 0.566. The van der Waals surface area contributed by atoms with Crippen molar-refractivity contribution in [3.05, 3.63) is 77.3 Å². The van der Waals surface area contributed by atoms with Gasteiger partial charge in [-0.2, -0.15) is 0 Å². The minimum absolute atomic E-state index is 0.00364. The number of hydrogen-bond donors (Lipinski definition) is 0. The van der Waals surface area contributed by atoms with Crippen molar-refractivity contribution in [1.29, 1.82) is 0 Å². The fourth-order valence-electron chi connectivity index (χ4n) is 4.44. The molecular formula is C26H29FN2O3. The van der Waals surface area contributed by atoms with Crippen molar-refractivity contribution in [2.24, 2.45) is 0 Å². The first-order valence-electron chi connectivity index (χ1n) is 11.0. The molecule has 0 spiro atoms. The Bertz CT molecular complexity index is 1080. The molecule has 0 radical (unpaired) electrons. The zero-order valence-corrected chi connectivity index (χ0v) is 19.0. The molecule has 1 unspecified atom stereocenters. The van der Waals surface area contributed by atoms with E-state index in [1.54, 1.807) is 19.2 Å². The zero-order chi connectivity index (χ0) is 22.8. The second kappa shape index (κ2) is 9.07. The van der Waals surface area contributed by atoms with Crippen LogP contribution in [-0.4, -0.2) is 41.6 Å². The summed E-state index contributed by atoms with van der Waals surface area (Å²) in [6.45, 7) is 6.91. The number of benzene rings is 2. The standard InChI is InChI=1S/C26H29FN2O3/c1-5-32-25-14-18(10-13-24(25)31-4)16-28-22-12-11-19(20-8-6-7-9-21(20)27)15-23(22)29(17(2)3)26(28)30/h6-11,13-15,17,22H,5,12,16H2,1-4H3. The highest BCUT2D eigenvalue weighted by atomic mass is 19.1. The molecule has 5 nitrogen and oxygen atoms in total. The largest absolute Gasteiger partial charge is 0.493 e. The highest BCUT2D eigenvalue weighted by molar-refractivity contribution is 5.85. The first kappa shape index (κ1) is 21.9. The molecule has 1 saturated heterocycles. The summed E-state index contributed by atoms with van der Waals surface area (Å²) in [6.07, 6.45) is 4.62. The van der Waals surface area contributed by atoms with Crippen LogP contribution in [0.25, 0.3) is 5.57 Å². The predicted octanol–water partition coefficient (Wildman–Crippen LogP) is 5.62. The molecule has 0 N–H and O–H groups in total. The number of rotatable bonds is 7. The average molecular weight is 437 g/mol. The van der Waals surface area contributed by atoms with Gasteiger partial charge in [0.1, 0.15) is 5.82 Å². The molecule has 1 aliphatic heterocycles. The lowest BCUT2D eigenvalue weighted by molar-refractivity contribution is 0.178. The molecule has 6 heteroatoms. The van der Waals surface area contributed by atoms with E-state index < -0.39 is 0 Å². The van der Waals surface area contributed by atoms with Crippen LogP contribution in [0.1, 0.15) is 38.3 Å². The minimum atomic E-state index is -0.256. The van der Waals surface area contributed by atoms with Crippen molar-refractivity contribution in [3.63, 3.8) is 0 Å². The average Bonchev–Trinajstić information content (AvgIpc) is 3.05. The van der Waals surface area contributed by atoms with Gasteiger partial charge < -0.3 is 14.4 Å². The third kappa shape index (κ3) is 3.97. The number of hydrogen-bond acceptors (Lipinski definition) is 3. The Labute approximate surface area is 188 Å². The van der Waals surface area contributed by atoms with E-state index in [9.17, 15) is 9.18 Å². The van der Waals surface area contributed by atoms with Crippen LogP contribution in [0, 0.1) is 5.82 Å². The third-order valence-electron chi connectivity index (χ3n) is 5.89. The van der Waals surface area contributed by atoms with Crippen molar-refractivity contribution < 1.29 is 18.7 Å². The molecule has 32 heavy (non-hydrogen) atoms. The van der Waals surface area contributed by atoms with E-state index in [-0.39, 0.29) is 23.9 Å². The van der Waals surface area contributed by atoms with Gasteiger partial charge in [-0.15, -0.1) is 0 Å². The van der Waals surface area contributed by atoms with Crippen LogP contribution in [0.5, 0.6) is 11.5 Å². The molecular weight excluding hydrogens is 407 g/mol. The molecule has 4 rings (SSSR count). The Morgan fingerprint density at radius 2 is 1.94 bits per heavy atom. The lowest BCUT2D eigenvalue weighted by atomic mass is 9.93. The summed E-state index contributed by atoms with van der Waals surface area (Å²) < 4.78 is 25.5. The summed E-state index contributed by atoms with van der Waals surface area (Å²) in [5.41, 5.74) is 3.27. The van der Waals surface area contributed by atoms with Crippen LogP contribution in [0.2, 0.25) is 0 Å². The van der Waals surface area contributed by atoms with E-state index in [0.717, 1.165) is 16.8 Å². The number of urea groups is 1. The minimum Gasteiger partial charge on any atom is -0.493 e. The van der Waals surface area contributed by atoms with Gasteiger partial charge in [-0.05, 0) is 62.6 Å². The van der Waals surface area contributed by atoms with E-state index in [0.29, 0.717) is 36.6 Å². The van der Waals surface area contributed by atoms with Crippen LogP contribution in [0.4, 0.5) is 9.18 Å². The van der Waals surface area contributed by atoms with Crippen molar-refractivity contribution in [2.45, 2.75) is 45.8 Å². The van der Waals surface area contributed by atoms with E-state index >= 15 is 0 Å². The highest BCUT2D eigenvalue weighted by Crippen LogP contribution is 2.39. The van der Waals surface area contributed by atoms with E-state index in [2.05, 4.69) is 0 Å². The van der Waals surface area contributed by atoms with Gasteiger partial charge in [0.25, 0.3) is 0 Å². The second-order valence-electron chi connectivity index (χ2n) is 8.25. The smallest absolute Gasteiger partial charge is 0.325 e. The number of halogens is 1. The van der Waals surface area contributed by atoms with Crippen molar-refractivity contribution in [3.8, 4) is 11.5 Å². The molecule has 1 heterocycles. The molecule has 0 aromatic heterocycles. The summed E-state index contributed by atoms with van der Waals surface area (Å²) in [4.78, 5) is 17.1. The molecule has 0 saturated carbocycles. The maximum absolute atomic E-state index is 14.4. The van der Waals surface area contributed by atoms with Gasteiger partial charge in [0.05, 0.1) is 19.8 Å². The molecule has 1 fully saturated rings. The number of carbonyl (C=O) groups excluding carboxylic acids is 1. The van der Waals surface area contributed by atoms with Gasteiger partial charge in [-0.3, -0.25) is 4.90 Å². The topological polar surface area (TPSA) is 42.0 Å². The van der Waals surface area contributed by atoms with Gasteiger partial charge >= 0.3 is 6.03 Å². The third-order valence-corrected chi connectivity index (χ3v) is 5.89. The van der Waals surface area contributed by atoms with E-state index in [1.165, 1.54) is 6.07 Å². The lowest BCUT2D eigenvalue weighted by Gasteiger charge is -2.26. The molecule has 2 amide bonds. The van der Waals surface area contributed by atoms with Gasteiger partial charge in [0.15, 0.2) is 11.5 Å². The summed E-state index contributed by atoms with van der Waals surface area (Å²) in [6, 6.07) is 12.4. The van der Waals surface area contributed by atoms with Gasteiger partial charge in [-0.25, -0.2) is 9.18 Å². The SMILES string of the molecule is CCOc1cc(CN2C(=O)N(C(C)C)C3=CC(c4ccccc4F)=CCC32)ccc1OC. The molecule has 2 aromatic rings. The van der Waals surface area contributed by atoms with Crippen molar-refractivity contribution >= 4 is 11.6 Å². The Balaban J connectivity index is 1.65. The number of nitrogens with zero attached hydrogens (tertiary/aromatic N) is 2. The van der Waals surface area contributed by atoms with Crippen LogP contribution in [0.15, 0.2) is 60.3 Å². The number of carbonyl (C=O) groups is 1. The summed E-state index contributed by atoms with van der Waals surface area (Å²) in [5, 5.41) is 0. The van der Waals surface area contributed by atoms with Crippen LogP contribution in [-0.2, 0) is 6.54 Å². The molecule has 1 aliphatic carbocycles. The fourth-order valence-corrected chi connectivity index (χ4v) is 4.44. The first-order chi connectivity index (χ1) is 15.4. The maximum Gasteiger partial charge on any atom is 0.325 e. The normalized spacial score (nSPS) is 17.9. The number of fused-ring (bicyclic) bond motifs is 1. The lowest BCUT2D eigenvalue weighted by Crippen LogP contribution is -2.36. The summed E-state index contributed by atoms with van der Waals surface area (Å²) in [5.74, 6) is 1.08. The molecule has 168 valence electrons. The monoisotopic (exact) mass is 436 g/mol. The maximum atomic E-state index is 14.4. The number of methoxy groups -OCH3 is 1. The van der Waals surface area contributed by atoms with Crippen molar-refractivity contribution in [1.82, 2.24) is 9.80 Å². The van der Waals surface area contributed by atoms with Crippen LogP contribution >= 0.6 is 0 Å².